The van der Waals surface area contributed by atoms with Gasteiger partial charge in [-0.15, -0.1) is 0 Å². The third-order valence-corrected chi connectivity index (χ3v) is 5.58. The topological polar surface area (TPSA) is 92.4 Å². The standard InChI is InChI=1S/C14H21FN2O3S/c1-10-3-2-6-14(8-10,9-18)17-21(19,20)13-7-11(16)4-5-12(13)15/h4-5,7,10,17-18H,2-3,6,8-9,16H2,1H3. The summed E-state index contributed by atoms with van der Waals surface area (Å²) in [5, 5.41) is 9.65. The zero-order valence-corrected chi connectivity index (χ0v) is 12.8. The summed E-state index contributed by atoms with van der Waals surface area (Å²) in [6, 6.07) is 3.42. The van der Waals surface area contributed by atoms with Gasteiger partial charge in [0.15, 0.2) is 0 Å². The molecule has 2 rings (SSSR count). The van der Waals surface area contributed by atoms with Crippen molar-refractivity contribution in [3.63, 3.8) is 0 Å². The normalized spacial score (nSPS) is 26.7. The molecule has 5 nitrogen and oxygen atoms in total. The molecule has 21 heavy (non-hydrogen) atoms. The molecule has 0 radical (unpaired) electrons. The van der Waals surface area contributed by atoms with E-state index in [1.54, 1.807) is 0 Å². The fourth-order valence-electron chi connectivity index (χ4n) is 2.99. The van der Waals surface area contributed by atoms with Crippen LogP contribution in [0.2, 0.25) is 0 Å². The fourth-order valence-corrected chi connectivity index (χ4v) is 4.54. The summed E-state index contributed by atoms with van der Waals surface area (Å²) in [6.07, 6.45) is 2.89. The van der Waals surface area contributed by atoms with Crippen LogP contribution in [0.5, 0.6) is 0 Å². The molecule has 0 aliphatic heterocycles. The Morgan fingerprint density at radius 2 is 2.24 bits per heavy atom. The maximum atomic E-state index is 13.8. The summed E-state index contributed by atoms with van der Waals surface area (Å²) in [5.41, 5.74) is 4.79. The van der Waals surface area contributed by atoms with Gasteiger partial charge in [0.05, 0.1) is 12.1 Å². The third-order valence-electron chi connectivity index (χ3n) is 3.99. The van der Waals surface area contributed by atoms with Gasteiger partial charge in [0.2, 0.25) is 10.0 Å². The Labute approximate surface area is 124 Å². The van der Waals surface area contributed by atoms with E-state index in [0.717, 1.165) is 25.0 Å². The van der Waals surface area contributed by atoms with E-state index in [-0.39, 0.29) is 12.3 Å². The van der Waals surface area contributed by atoms with Crippen molar-refractivity contribution in [3.05, 3.63) is 24.0 Å². The van der Waals surface area contributed by atoms with Gasteiger partial charge in [-0.3, -0.25) is 0 Å². The van der Waals surface area contributed by atoms with Crippen LogP contribution in [0, 0.1) is 11.7 Å². The van der Waals surface area contributed by atoms with E-state index in [2.05, 4.69) is 4.72 Å². The molecule has 1 aromatic carbocycles. The number of nitrogen functional groups attached to an aromatic ring is 1. The second-order valence-electron chi connectivity index (χ2n) is 5.94. The maximum Gasteiger partial charge on any atom is 0.244 e. The van der Waals surface area contributed by atoms with Gasteiger partial charge in [0, 0.05) is 5.69 Å². The number of nitrogens with one attached hydrogen (secondary N) is 1. The number of rotatable bonds is 4. The molecule has 2 unspecified atom stereocenters. The number of hydrogen-bond acceptors (Lipinski definition) is 4. The summed E-state index contributed by atoms with van der Waals surface area (Å²) >= 11 is 0. The van der Waals surface area contributed by atoms with E-state index in [1.165, 1.54) is 6.07 Å². The van der Waals surface area contributed by atoms with E-state index < -0.39 is 26.3 Å². The third kappa shape index (κ3) is 3.53. The molecule has 1 aromatic rings. The number of benzene rings is 1. The summed E-state index contributed by atoms with van der Waals surface area (Å²) < 4.78 is 41.1. The molecule has 1 saturated carbocycles. The predicted octanol–water partition coefficient (Wildman–Crippen LogP) is 1.63. The van der Waals surface area contributed by atoms with E-state index >= 15 is 0 Å². The molecule has 0 amide bonds. The van der Waals surface area contributed by atoms with Crippen molar-refractivity contribution < 1.29 is 17.9 Å². The fraction of sp³-hybridized carbons (Fsp3) is 0.571. The van der Waals surface area contributed by atoms with Crippen LogP contribution in [0.4, 0.5) is 10.1 Å². The van der Waals surface area contributed by atoms with Crippen LogP contribution < -0.4 is 10.5 Å². The second kappa shape index (κ2) is 5.90. The van der Waals surface area contributed by atoms with Crippen molar-refractivity contribution in [2.75, 3.05) is 12.3 Å². The van der Waals surface area contributed by atoms with Crippen LogP contribution in [0.15, 0.2) is 23.1 Å². The van der Waals surface area contributed by atoms with Crippen LogP contribution in [0.3, 0.4) is 0 Å². The highest BCUT2D eigenvalue weighted by molar-refractivity contribution is 7.89. The van der Waals surface area contributed by atoms with E-state index in [4.69, 9.17) is 5.73 Å². The maximum absolute atomic E-state index is 13.8. The lowest BCUT2D eigenvalue weighted by atomic mass is 9.78. The number of anilines is 1. The number of hydrogen-bond donors (Lipinski definition) is 3. The second-order valence-corrected chi connectivity index (χ2v) is 7.59. The monoisotopic (exact) mass is 316 g/mol. The van der Waals surface area contributed by atoms with Crippen LogP contribution >= 0.6 is 0 Å². The van der Waals surface area contributed by atoms with Gasteiger partial charge in [-0.25, -0.2) is 17.5 Å². The molecule has 118 valence electrons. The molecule has 0 heterocycles. The van der Waals surface area contributed by atoms with Gasteiger partial charge in [-0.2, -0.15) is 0 Å². The molecule has 1 fully saturated rings. The van der Waals surface area contributed by atoms with Crippen molar-refractivity contribution in [1.29, 1.82) is 0 Å². The first kappa shape index (κ1) is 16.2. The molecule has 2 atom stereocenters. The predicted molar refractivity (Wildman–Crippen MR) is 78.6 cm³/mol. The van der Waals surface area contributed by atoms with E-state index in [0.29, 0.717) is 18.8 Å². The van der Waals surface area contributed by atoms with Crippen molar-refractivity contribution in [1.82, 2.24) is 4.72 Å². The Bertz CT molecular complexity index is 621. The van der Waals surface area contributed by atoms with Gasteiger partial charge >= 0.3 is 0 Å². The van der Waals surface area contributed by atoms with Gasteiger partial charge in [-0.1, -0.05) is 19.8 Å². The quantitative estimate of drug-likeness (QED) is 0.736. The van der Waals surface area contributed by atoms with Crippen molar-refractivity contribution >= 4 is 15.7 Å². The van der Waals surface area contributed by atoms with Gasteiger partial charge < -0.3 is 10.8 Å². The first-order valence-electron chi connectivity index (χ1n) is 6.98. The molecule has 1 aliphatic rings. The number of nitrogens with two attached hydrogens (primary N) is 1. The Morgan fingerprint density at radius 3 is 2.86 bits per heavy atom. The molecule has 1 aliphatic carbocycles. The highest BCUT2D eigenvalue weighted by atomic mass is 32.2. The van der Waals surface area contributed by atoms with Crippen molar-refractivity contribution in [2.45, 2.75) is 43.0 Å². The highest BCUT2D eigenvalue weighted by Gasteiger charge is 2.39. The van der Waals surface area contributed by atoms with E-state index in [9.17, 15) is 17.9 Å². The van der Waals surface area contributed by atoms with Crippen LogP contribution in [-0.4, -0.2) is 25.7 Å². The van der Waals surface area contributed by atoms with Gasteiger partial charge in [0.25, 0.3) is 0 Å². The van der Waals surface area contributed by atoms with Gasteiger partial charge in [-0.05, 0) is 37.0 Å². The molecule has 0 bridgehead atoms. The molecular formula is C14H21FN2O3S. The average molecular weight is 316 g/mol. The summed E-state index contributed by atoms with van der Waals surface area (Å²) in [4.78, 5) is -0.478. The van der Waals surface area contributed by atoms with Crippen LogP contribution in [0.1, 0.15) is 32.6 Å². The minimum atomic E-state index is -4.07. The average Bonchev–Trinajstić information content (AvgIpc) is 2.41. The number of halogens is 1. The number of aliphatic hydroxyl groups excluding tert-OH is 1. The summed E-state index contributed by atoms with van der Waals surface area (Å²) in [6.45, 7) is 1.71. The lowest BCUT2D eigenvalue weighted by molar-refractivity contribution is 0.119. The Morgan fingerprint density at radius 1 is 1.52 bits per heavy atom. The first-order chi connectivity index (χ1) is 9.78. The Kier molecular flexibility index (Phi) is 4.55. The number of sulfonamides is 1. The molecule has 7 heteroatoms. The summed E-state index contributed by atoms with van der Waals surface area (Å²) in [5.74, 6) is -0.548. The minimum absolute atomic E-state index is 0.173. The molecular weight excluding hydrogens is 295 g/mol. The minimum Gasteiger partial charge on any atom is -0.399 e. The highest BCUT2D eigenvalue weighted by Crippen LogP contribution is 2.33. The smallest absolute Gasteiger partial charge is 0.244 e. The lowest BCUT2D eigenvalue weighted by Gasteiger charge is -2.39. The first-order valence-corrected chi connectivity index (χ1v) is 8.46. The zero-order chi connectivity index (χ0) is 15.7. The largest absolute Gasteiger partial charge is 0.399 e. The van der Waals surface area contributed by atoms with Crippen molar-refractivity contribution in [3.8, 4) is 0 Å². The lowest BCUT2D eigenvalue weighted by Crippen LogP contribution is -2.53. The Balaban J connectivity index is 2.33. The molecule has 0 spiro atoms. The summed E-state index contributed by atoms with van der Waals surface area (Å²) in [7, 11) is -4.07. The van der Waals surface area contributed by atoms with Crippen LogP contribution in [-0.2, 0) is 10.0 Å². The Hall–Kier alpha value is -1.18. The van der Waals surface area contributed by atoms with Crippen LogP contribution in [0.25, 0.3) is 0 Å². The zero-order valence-electron chi connectivity index (χ0n) is 12.0. The molecule has 0 aromatic heterocycles. The van der Waals surface area contributed by atoms with Crippen molar-refractivity contribution in [2.24, 2.45) is 5.92 Å². The van der Waals surface area contributed by atoms with Gasteiger partial charge in [0.1, 0.15) is 10.7 Å². The van der Waals surface area contributed by atoms with E-state index in [1.807, 2.05) is 6.92 Å². The molecule has 4 N–H and O–H groups in total. The molecule has 0 saturated heterocycles. The number of aliphatic hydroxyl groups is 1. The SMILES string of the molecule is CC1CCCC(CO)(NS(=O)(=O)c2cc(N)ccc2F)C1.